The van der Waals surface area contributed by atoms with E-state index in [2.05, 4.69) is 0 Å². The van der Waals surface area contributed by atoms with Crippen molar-refractivity contribution < 1.29 is 32.8 Å². The van der Waals surface area contributed by atoms with Crippen LogP contribution in [0.3, 0.4) is 0 Å². The molecule has 0 aliphatic heterocycles. The van der Waals surface area contributed by atoms with Crippen LogP contribution in [0, 0.1) is 11.8 Å². The van der Waals surface area contributed by atoms with Gasteiger partial charge in [0.25, 0.3) is 10.1 Å². The van der Waals surface area contributed by atoms with Crippen LogP contribution in [0.2, 0.25) is 0 Å². The largest absolute Gasteiger partial charge is 0.481 e. The van der Waals surface area contributed by atoms with Crippen LogP contribution >= 0.6 is 0 Å². The third kappa shape index (κ3) is 6.90. The number of rotatable bonds is 8. The lowest BCUT2D eigenvalue weighted by Gasteiger charge is -2.20. The quantitative estimate of drug-likeness (QED) is 0.545. The summed E-state index contributed by atoms with van der Waals surface area (Å²) in [5, 5.41) is 17.4. The molecule has 0 rings (SSSR count). The molecule has 8 heteroatoms. The standard InChI is InChI=1S/C9H16O7S/c1-2-6(5-17(14,15)16)7(9(12)13)3-4-8(10)11/h6-7H,2-5H2,1H3,(H,10,11)(H,12,13)(H,14,15,16). The summed E-state index contributed by atoms with van der Waals surface area (Å²) in [5.74, 6) is -4.93. The first kappa shape index (κ1) is 15.9. The zero-order chi connectivity index (χ0) is 13.6. The maximum Gasteiger partial charge on any atom is 0.306 e. The number of hydrogen-bond acceptors (Lipinski definition) is 4. The minimum absolute atomic E-state index is 0.154. The Bertz CT molecular complexity index is 373. The summed E-state index contributed by atoms with van der Waals surface area (Å²) in [5.41, 5.74) is 0. The molecule has 0 saturated carbocycles. The van der Waals surface area contributed by atoms with Crippen molar-refractivity contribution in [1.29, 1.82) is 0 Å². The van der Waals surface area contributed by atoms with E-state index in [1.165, 1.54) is 0 Å². The molecule has 0 aromatic heterocycles. The molecule has 0 amide bonds. The summed E-state index contributed by atoms with van der Waals surface area (Å²) in [6, 6.07) is 0. The lowest BCUT2D eigenvalue weighted by molar-refractivity contribution is -0.144. The lowest BCUT2D eigenvalue weighted by Crippen LogP contribution is -2.29. The van der Waals surface area contributed by atoms with E-state index in [0.717, 1.165) is 0 Å². The topological polar surface area (TPSA) is 129 Å². The monoisotopic (exact) mass is 268 g/mol. The van der Waals surface area contributed by atoms with E-state index >= 15 is 0 Å². The van der Waals surface area contributed by atoms with E-state index in [4.69, 9.17) is 14.8 Å². The van der Waals surface area contributed by atoms with Crippen LogP contribution in [0.4, 0.5) is 0 Å². The summed E-state index contributed by atoms with van der Waals surface area (Å²) < 4.78 is 30.1. The Balaban J connectivity index is 4.75. The highest BCUT2D eigenvalue weighted by molar-refractivity contribution is 7.85. The van der Waals surface area contributed by atoms with Gasteiger partial charge in [-0.3, -0.25) is 14.1 Å². The molecule has 0 aliphatic carbocycles. The zero-order valence-corrected chi connectivity index (χ0v) is 10.2. The molecule has 0 heterocycles. The molecule has 100 valence electrons. The first-order valence-corrected chi connectivity index (χ1v) is 6.68. The van der Waals surface area contributed by atoms with Gasteiger partial charge in [-0.05, 0) is 12.3 Å². The second-order valence-corrected chi connectivity index (χ2v) is 5.29. The molecule has 0 aliphatic rings. The average molecular weight is 268 g/mol. The SMILES string of the molecule is CCC(CS(=O)(=O)O)C(CCC(=O)O)C(=O)O. The fourth-order valence-corrected chi connectivity index (χ4v) is 2.64. The van der Waals surface area contributed by atoms with E-state index < -0.39 is 39.6 Å². The number of carboxylic acid groups (broad SMARTS) is 2. The molecule has 3 N–H and O–H groups in total. The van der Waals surface area contributed by atoms with Crippen molar-refractivity contribution in [2.75, 3.05) is 5.75 Å². The smallest absolute Gasteiger partial charge is 0.306 e. The van der Waals surface area contributed by atoms with Crippen LogP contribution in [0.15, 0.2) is 0 Å². The predicted octanol–water partition coefficient (Wildman–Crippen LogP) is 0.466. The summed E-state index contributed by atoms with van der Waals surface area (Å²) in [7, 11) is -4.26. The van der Waals surface area contributed by atoms with Gasteiger partial charge in [-0.15, -0.1) is 0 Å². The molecule has 17 heavy (non-hydrogen) atoms. The first-order chi connectivity index (χ1) is 7.67. The molecule has 0 spiro atoms. The first-order valence-electron chi connectivity index (χ1n) is 5.07. The maximum absolute atomic E-state index is 10.9. The van der Waals surface area contributed by atoms with Gasteiger partial charge in [-0.1, -0.05) is 13.3 Å². The molecule has 0 saturated heterocycles. The molecule has 2 atom stereocenters. The van der Waals surface area contributed by atoms with Crippen molar-refractivity contribution in [3.8, 4) is 0 Å². The fourth-order valence-electron chi connectivity index (χ4n) is 1.63. The Hall–Kier alpha value is -1.15. The van der Waals surface area contributed by atoms with Gasteiger partial charge in [0, 0.05) is 6.42 Å². The van der Waals surface area contributed by atoms with Crippen molar-refractivity contribution in [3.05, 3.63) is 0 Å². The van der Waals surface area contributed by atoms with E-state index in [-0.39, 0.29) is 19.3 Å². The Morgan fingerprint density at radius 1 is 1.24 bits per heavy atom. The average Bonchev–Trinajstić information content (AvgIpc) is 2.13. The molecule has 0 aromatic rings. The van der Waals surface area contributed by atoms with Crippen molar-refractivity contribution in [3.63, 3.8) is 0 Å². The maximum atomic E-state index is 10.9. The van der Waals surface area contributed by atoms with Crippen LogP contribution < -0.4 is 0 Å². The minimum Gasteiger partial charge on any atom is -0.481 e. The molecule has 7 nitrogen and oxygen atoms in total. The van der Waals surface area contributed by atoms with Gasteiger partial charge in [-0.2, -0.15) is 8.42 Å². The van der Waals surface area contributed by atoms with Gasteiger partial charge >= 0.3 is 11.9 Å². The summed E-state index contributed by atoms with van der Waals surface area (Å²) in [6.07, 6.45) is -0.270. The predicted molar refractivity (Wildman–Crippen MR) is 58.2 cm³/mol. The number of aliphatic carboxylic acids is 2. The number of carboxylic acids is 2. The Morgan fingerprint density at radius 3 is 2.06 bits per heavy atom. The normalized spacial score (nSPS) is 15.2. The molecule has 0 bridgehead atoms. The van der Waals surface area contributed by atoms with Crippen LogP contribution in [0.5, 0.6) is 0 Å². The molecule has 0 aromatic carbocycles. The van der Waals surface area contributed by atoms with E-state index in [0.29, 0.717) is 0 Å². The Morgan fingerprint density at radius 2 is 1.76 bits per heavy atom. The highest BCUT2D eigenvalue weighted by Gasteiger charge is 2.30. The molecule has 2 unspecified atom stereocenters. The van der Waals surface area contributed by atoms with Crippen LogP contribution in [0.25, 0.3) is 0 Å². The van der Waals surface area contributed by atoms with Crippen LogP contribution in [0.1, 0.15) is 26.2 Å². The van der Waals surface area contributed by atoms with E-state index in [1.807, 2.05) is 0 Å². The molecular weight excluding hydrogens is 252 g/mol. The van der Waals surface area contributed by atoms with Crippen molar-refractivity contribution >= 4 is 22.1 Å². The van der Waals surface area contributed by atoms with Gasteiger partial charge in [0.2, 0.25) is 0 Å². The van der Waals surface area contributed by atoms with E-state index in [9.17, 15) is 18.0 Å². The third-order valence-electron chi connectivity index (χ3n) is 2.50. The highest BCUT2D eigenvalue weighted by Crippen LogP contribution is 2.23. The Kier molecular flexibility index (Phi) is 6.11. The van der Waals surface area contributed by atoms with Crippen molar-refractivity contribution in [2.24, 2.45) is 11.8 Å². The zero-order valence-electron chi connectivity index (χ0n) is 9.37. The van der Waals surface area contributed by atoms with Gasteiger partial charge in [0.15, 0.2) is 0 Å². The van der Waals surface area contributed by atoms with Crippen molar-refractivity contribution in [2.45, 2.75) is 26.2 Å². The second-order valence-electron chi connectivity index (χ2n) is 3.79. The van der Waals surface area contributed by atoms with Gasteiger partial charge < -0.3 is 10.2 Å². The second kappa shape index (κ2) is 6.55. The molecule has 0 fully saturated rings. The summed E-state index contributed by atoms with van der Waals surface area (Å²) in [6.45, 7) is 1.59. The minimum atomic E-state index is -4.26. The van der Waals surface area contributed by atoms with Gasteiger partial charge in [-0.25, -0.2) is 0 Å². The highest BCUT2D eigenvalue weighted by atomic mass is 32.2. The molecule has 0 radical (unpaired) electrons. The Labute approximate surface area is 99.2 Å². The third-order valence-corrected chi connectivity index (χ3v) is 3.35. The van der Waals surface area contributed by atoms with Gasteiger partial charge in [0.05, 0.1) is 11.7 Å². The summed E-state index contributed by atoms with van der Waals surface area (Å²) >= 11 is 0. The van der Waals surface area contributed by atoms with Crippen LogP contribution in [-0.2, 0) is 19.7 Å². The van der Waals surface area contributed by atoms with Crippen molar-refractivity contribution in [1.82, 2.24) is 0 Å². The fraction of sp³-hybridized carbons (Fsp3) is 0.778. The lowest BCUT2D eigenvalue weighted by atomic mass is 9.88. The van der Waals surface area contributed by atoms with Crippen LogP contribution in [-0.4, -0.2) is 40.9 Å². The number of carbonyl (C=O) groups is 2. The number of hydrogen-bond donors (Lipinski definition) is 3. The van der Waals surface area contributed by atoms with Gasteiger partial charge in [0.1, 0.15) is 0 Å². The van der Waals surface area contributed by atoms with E-state index in [1.54, 1.807) is 6.92 Å². The summed E-state index contributed by atoms with van der Waals surface area (Å²) in [4.78, 5) is 21.3. The molecular formula is C9H16O7S.